The number of likely N-dealkylation sites (tertiary alicyclic amines) is 1. The molecule has 3 aromatic rings. The molecule has 1 aromatic heterocycles. The maximum atomic E-state index is 12.7. The van der Waals surface area contributed by atoms with E-state index in [0.29, 0.717) is 18.3 Å². The molecule has 0 unspecified atom stereocenters. The molecule has 0 aliphatic carbocycles. The van der Waals surface area contributed by atoms with Gasteiger partial charge >= 0.3 is 0 Å². The predicted molar refractivity (Wildman–Crippen MR) is 94.1 cm³/mol. The van der Waals surface area contributed by atoms with E-state index in [1.54, 1.807) is 0 Å². The maximum absolute atomic E-state index is 12.7. The van der Waals surface area contributed by atoms with Crippen molar-refractivity contribution in [3.05, 3.63) is 72.1 Å². The van der Waals surface area contributed by atoms with Gasteiger partial charge in [-0.25, -0.2) is 0 Å². The third kappa shape index (κ3) is 3.31. The molecule has 1 aliphatic heterocycles. The molecule has 1 atom stereocenters. The number of nitrogens with zero attached hydrogens (tertiary/aromatic N) is 3. The van der Waals surface area contributed by atoms with Gasteiger partial charge in [0.05, 0.1) is 5.92 Å². The first-order valence-corrected chi connectivity index (χ1v) is 8.54. The Balaban J connectivity index is 1.50. The van der Waals surface area contributed by atoms with Gasteiger partial charge < -0.3 is 9.32 Å². The van der Waals surface area contributed by atoms with Crippen molar-refractivity contribution >= 4 is 5.91 Å². The largest absolute Gasteiger partial charge is 0.420 e. The molecule has 2 heterocycles. The van der Waals surface area contributed by atoms with Crippen LogP contribution in [0.1, 0.15) is 35.0 Å². The summed E-state index contributed by atoms with van der Waals surface area (Å²) in [5.41, 5.74) is 1.63. The van der Waals surface area contributed by atoms with Crippen molar-refractivity contribution in [2.75, 3.05) is 13.1 Å². The SMILES string of the molecule is O=C(c1ccccc1)N1CCC[C@@H](c2nnc(-c3ccccc3)o2)C1. The average Bonchev–Trinajstić information content (AvgIpc) is 3.19. The fourth-order valence-corrected chi connectivity index (χ4v) is 3.22. The number of amides is 1. The van der Waals surface area contributed by atoms with Gasteiger partial charge in [0.2, 0.25) is 11.8 Å². The minimum absolute atomic E-state index is 0.0631. The van der Waals surface area contributed by atoms with Gasteiger partial charge in [-0.2, -0.15) is 0 Å². The van der Waals surface area contributed by atoms with Crippen LogP contribution in [0, 0.1) is 0 Å². The van der Waals surface area contributed by atoms with Gasteiger partial charge in [0, 0.05) is 24.2 Å². The summed E-state index contributed by atoms with van der Waals surface area (Å²) in [4.78, 5) is 14.5. The lowest BCUT2D eigenvalue weighted by Gasteiger charge is -2.31. The highest BCUT2D eigenvalue weighted by Crippen LogP contribution is 2.29. The van der Waals surface area contributed by atoms with Gasteiger partial charge in [-0.05, 0) is 37.1 Å². The van der Waals surface area contributed by atoms with E-state index in [4.69, 9.17) is 4.42 Å². The van der Waals surface area contributed by atoms with Crippen LogP contribution in [0.3, 0.4) is 0 Å². The Bertz CT molecular complexity index is 846. The molecule has 126 valence electrons. The zero-order valence-electron chi connectivity index (χ0n) is 13.8. The maximum Gasteiger partial charge on any atom is 0.253 e. The zero-order chi connectivity index (χ0) is 17.1. The molecule has 1 fully saturated rings. The fraction of sp³-hybridized carbons (Fsp3) is 0.250. The number of hydrogen-bond donors (Lipinski definition) is 0. The van der Waals surface area contributed by atoms with Crippen LogP contribution < -0.4 is 0 Å². The Hall–Kier alpha value is -2.95. The van der Waals surface area contributed by atoms with E-state index in [0.717, 1.165) is 30.5 Å². The summed E-state index contributed by atoms with van der Waals surface area (Å²) in [5, 5.41) is 8.40. The van der Waals surface area contributed by atoms with Gasteiger partial charge in [0.25, 0.3) is 5.91 Å². The second-order valence-corrected chi connectivity index (χ2v) is 6.27. The van der Waals surface area contributed by atoms with Gasteiger partial charge in [-0.15, -0.1) is 10.2 Å². The van der Waals surface area contributed by atoms with Crippen LogP contribution in [0.25, 0.3) is 11.5 Å². The van der Waals surface area contributed by atoms with Gasteiger partial charge in [0.15, 0.2) is 0 Å². The highest BCUT2D eigenvalue weighted by Gasteiger charge is 2.29. The topological polar surface area (TPSA) is 59.2 Å². The molecule has 0 radical (unpaired) electrons. The van der Waals surface area contributed by atoms with Crippen LogP contribution >= 0.6 is 0 Å². The normalized spacial score (nSPS) is 17.4. The van der Waals surface area contributed by atoms with Crippen LogP contribution in [-0.2, 0) is 0 Å². The molecule has 2 aromatic carbocycles. The summed E-state index contributed by atoms with van der Waals surface area (Å²) in [5.74, 6) is 1.30. The number of hydrogen-bond acceptors (Lipinski definition) is 4. The Morgan fingerprint density at radius 2 is 1.72 bits per heavy atom. The van der Waals surface area contributed by atoms with Gasteiger partial charge in [-0.1, -0.05) is 36.4 Å². The second kappa shape index (κ2) is 6.89. The molecular formula is C20H19N3O2. The monoisotopic (exact) mass is 333 g/mol. The summed E-state index contributed by atoms with van der Waals surface area (Å²) >= 11 is 0. The smallest absolute Gasteiger partial charge is 0.253 e. The minimum Gasteiger partial charge on any atom is -0.420 e. The lowest BCUT2D eigenvalue weighted by molar-refractivity contribution is 0.0698. The summed E-state index contributed by atoms with van der Waals surface area (Å²) in [7, 11) is 0. The zero-order valence-corrected chi connectivity index (χ0v) is 13.8. The van der Waals surface area contributed by atoms with E-state index in [1.165, 1.54) is 0 Å². The van der Waals surface area contributed by atoms with Gasteiger partial charge in [-0.3, -0.25) is 4.79 Å². The quantitative estimate of drug-likeness (QED) is 0.732. The number of carbonyl (C=O) groups excluding carboxylic acids is 1. The first-order valence-electron chi connectivity index (χ1n) is 8.54. The Morgan fingerprint density at radius 3 is 2.48 bits per heavy atom. The van der Waals surface area contributed by atoms with E-state index < -0.39 is 0 Å². The number of benzene rings is 2. The highest BCUT2D eigenvalue weighted by atomic mass is 16.4. The van der Waals surface area contributed by atoms with Crippen LogP contribution in [0.15, 0.2) is 65.1 Å². The van der Waals surface area contributed by atoms with Crippen LogP contribution in [-0.4, -0.2) is 34.1 Å². The molecule has 0 saturated carbocycles. The first-order chi connectivity index (χ1) is 12.3. The molecule has 1 saturated heterocycles. The third-order valence-electron chi connectivity index (χ3n) is 4.54. The van der Waals surface area contributed by atoms with E-state index in [9.17, 15) is 4.79 Å². The molecule has 4 rings (SSSR count). The average molecular weight is 333 g/mol. The third-order valence-corrected chi connectivity index (χ3v) is 4.54. The highest BCUT2D eigenvalue weighted by molar-refractivity contribution is 5.94. The number of piperidine rings is 1. The predicted octanol–water partition coefficient (Wildman–Crippen LogP) is 3.76. The van der Waals surface area contributed by atoms with Crippen molar-refractivity contribution in [1.29, 1.82) is 0 Å². The van der Waals surface area contributed by atoms with Crippen molar-refractivity contribution in [3.8, 4) is 11.5 Å². The summed E-state index contributed by atoms with van der Waals surface area (Å²) in [6.07, 6.45) is 1.89. The number of carbonyl (C=O) groups is 1. The second-order valence-electron chi connectivity index (χ2n) is 6.27. The van der Waals surface area contributed by atoms with Crippen molar-refractivity contribution in [1.82, 2.24) is 15.1 Å². The van der Waals surface area contributed by atoms with Crippen molar-refractivity contribution in [3.63, 3.8) is 0 Å². The first kappa shape index (κ1) is 15.6. The Labute approximate surface area is 146 Å². The minimum atomic E-state index is 0.0631. The molecule has 25 heavy (non-hydrogen) atoms. The molecule has 5 heteroatoms. The molecule has 1 amide bonds. The summed E-state index contributed by atoms with van der Waals surface area (Å²) in [6, 6.07) is 19.1. The van der Waals surface area contributed by atoms with Crippen LogP contribution in [0.2, 0.25) is 0 Å². The van der Waals surface area contributed by atoms with Crippen LogP contribution in [0.5, 0.6) is 0 Å². The van der Waals surface area contributed by atoms with Crippen molar-refractivity contribution in [2.45, 2.75) is 18.8 Å². The summed E-state index contributed by atoms with van der Waals surface area (Å²) in [6.45, 7) is 1.38. The van der Waals surface area contributed by atoms with E-state index >= 15 is 0 Å². The van der Waals surface area contributed by atoms with E-state index in [-0.39, 0.29) is 11.8 Å². The molecule has 1 aliphatic rings. The Kier molecular flexibility index (Phi) is 4.29. The lowest BCUT2D eigenvalue weighted by Crippen LogP contribution is -2.39. The lowest BCUT2D eigenvalue weighted by atomic mass is 9.97. The van der Waals surface area contributed by atoms with Crippen LogP contribution in [0.4, 0.5) is 0 Å². The van der Waals surface area contributed by atoms with Crippen molar-refractivity contribution in [2.24, 2.45) is 0 Å². The molecule has 0 spiro atoms. The fourth-order valence-electron chi connectivity index (χ4n) is 3.22. The molecular weight excluding hydrogens is 314 g/mol. The standard InChI is InChI=1S/C20H19N3O2/c24-20(16-10-5-2-6-11-16)23-13-7-12-17(14-23)19-22-21-18(25-19)15-8-3-1-4-9-15/h1-6,8-11,17H,7,12-14H2/t17-/m1/s1. The molecule has 0 bridgehead atoms. The van der Waals surface area contributed by atoms with Gasteiger partial charge in [0.1, 0.15) is 0 Å². The number of aromatic nitrogens is 2. The van der Waals surface area contributed by atoms with Crippen molar-refractivity contribution < 1.29 is 9.21 Å². The summed E-state index contributed by atoms with van der Waals surface area (Å²) < 4.78 is 5.88. The van der Waals surface area contributed by atoms with E-state index in [2.05, 4.69) is 10.2 Å². The number of rotatable bonds is 3. The molecule has 0 N–H and O–H groups in total. The Morgan fingerprint density at radius 1 is 1.00 bits per heavy atom. The van der Waals surface area contributed by atoms with E-state index in [1.807, 2.05) is 65.6 Å². The molecule has 5 nitrogen and oxygen atoms in total.